The Morgan fingerprint density at radius 1 is 1.17 bits per heavy atom. The highest BCUT2D eigenvalue weighted by atomic mass is 35.5. The van der Waals surface area contributed by atoms with E-state index in [-0.39, 0.29) is 17.6 Å². The molecule has 3 nitrogen and oxygen atoms in total. The van der Waals surface area contributed by atoms with Crippen molar-refractivity contribution in [2.24, 2.45) is 11.8 Å². The van der Waals surface area contributed by atoms with Crippen LogP contribution in [0.1, 0.15) is 31.1 Å². The highest BCUT2D eigenvalue weighted by molar-refractivity contribution is 6.34. The third-order valence-electron chi connectivity index (χ3n) is 3.31. The van der Waals surface area contributed by atoms with Gasteiger partial charge < -0.3 is 9.47 Å². The number of ether oxygens (including phenoxy) is 2. The quantitative estimate of drug-likeness (QED) is 0.786. The van der Waals surface area contributed by atoms with Crippen molar-refractivity contribution in [1.82, 2.24) is 0 Å². The van der Waals surface area contributed by atoms with Crippen LogP contribution in [0.3, 0.4) is 0 Å². The minimum atomic E-state index is -0.0648. The summed E-state index contributed by atoms with van der Waals surface area (Å²) >= 11 is 6.15. The molecule has 0 N–H and O–H groups in total. The van der Waals surface area contributed by atoms with E-state index in [1.807, 2.05) is 20.8 Å². The van der Waals surface area contributed by atoms with Gasteiger partial charge in [0, 0.05) is 17.5 Å². The van der Waals surface area contributed by atoms with Crippen LogP contribution in [0.15, 0.2) is 12.1 Å². The zero-order valence-corrected chi connectivity index (χ0v) is 11.6. The Morgan fingerprint density at radius 3 is 2.28 bits per heavy atom. The summed E-state index contributed by atoms with van der Waals surface area (Å²) in [6, 6.07) is 3.36. The molecular weight excluding hydrogens is 252 g/mol. The van der Waals surface area contributed by atoms with E-state index in [1.54, 1.807) is 12.1 Å². The molecule has 1 atom stereocenters. The minimum absolute atomic E-state index is 0.0481. The highest BCUT2D eigenvalue weighted by Gasteiger charge is 2.24. The molecule has 0 aromatic heterocycles. The van der Waals surface area contributed by atoms with Crippen LogP contribution in [0, 0.1) is 11.8 Å². The molecular formula is C14H17ClO3. The van der Waals surface area contributed by atoms with Gasteiger partial charge in [-0.05, 0) is 12.0 Å². The van der Waals surface area contributed by atoms with Gasteiger partial charge in [-0.2, -0.15) is 0 Å². The van der Waals surface area contributed by atoms with Crippen molar-refractivity contribution in [2.45, 2.75) is 20.8 Å². The van der Waals surface area contributed by atoms with Gasteiger partial charge in [0.2, 0.25) is 0 Å². The van der Waals surface area contributed by atoms with Crippen molar-refractivity contribution in [2.75, 3.05) is 13.2 Å². The van der Waals surface area contributed by atoms with Gasteiger partial charge in [-0.1, -0.05) is 32.4 Å². The average Bonchev–Trinajstić information content (AvgIpc) is 2.36. The Morgan fingerprint density at radius 2 is 1.72 bits per heavy atom. The molecule has 0 saturated carbocycles. The lowest BCUT2D eigenvalue weighted by atomic mass is 9.89. The van der Waals surface area contributed by atoms with E-state index < -0.39 is 0 Å². The number of rotatable bonds is 3. The SMILES string of the molecule is CC(C)C(C)C(=O)c1cc2c(cc1Cl)OCCO2. The van der Waals surface area contributed by atoms with Gasteiger partial charge in [0.15, 0.2) is 17.3 Å². The standard InChI is InChI=1S/C14H17ClO3/c1-8(2)9(3)14(16)10-6-12-13(7-11(10)15)18-5-4-17-12/h6-9H,4-5H2,1-3H3. The van der Waals surface area contributed by atoms with Gasteiger partial charge in [0.05, 0.1) is 5.02 Å². The highest BCUT2D eigenvalue weighted by Crippen LogP contribution is 2.36. The smallest absolute Gasteiger partial charge is 0.167 e. The molecule has 98 valence electrons. The Hall–Kier alpha value is -1.22. The summed E-state index contributed by atoms with van der Waals surface area (Å²) in [4.78, 5) is 12.3. The second-order valence-electron chi connectivity index (χ2n) is 4.87. The Labute approximate surface area is 112 Å². The minimum Gasteiger partial charge on any atom is -0.486 e. The first-order valence-electron chi connectivity index (χ1n) is 6.14. The fourth-order valence-electron chi connectivity index (χ4n) is 1.80. The first-order valence-corrected chi connectivity index (χ1v) is 6.52. The van der Waals surface area contributed by atoms with Crippen LogP contribution in [-0.2, 0) is 0 Å². The van der Waals surface area contributed by atoms with E-state index in [4.69, 9.17) is 21.1 Å². The van der Waals surface area contributed by atoms with Gasteiger partial charge in [0.25, 0.3) is 0 Å². The van der Waals surface area contributed by atoms with E-state index in [9.17, 15) is 4.79 Å². The molecule has 1 aromatic rings. The van der Waals surface area contributed by atoms with Gasteiger partial charge in [-0.3, -0.25) is 4.79 Å². The summed E-state index contributed by atoms with van der Waals surface area (Å²) in [6.45, 7) is 6.98. The van der Waals surface area contributed by atoms with Crippen LogP contribution in [0.25, 0.3) is 0 Å². The van der Waals surface area contributed by atoms with E-state index in [1.165, 1.54) is 0 Å². The first-order chi connectivity index (χ1) is 8.50. The molecule has 0 fully saturated rings. The topological polar surface area (TPSA) is 35.5 Å². The lowest BCUT2D eigenvalue weighted by molar-refractivity contribution is 0.0898. The Balaban J connectivity index is 2.36. The zero-order chi connectivity index (χ0) is 13.3. The van der Waals surface area contributed by atoms with Gasteiger partial charge in [0.1, 0.15) is 13.2 Å². The number of Topliss-reactive ketones (excluding diaryl/α,β-unsaturated/α-hetero) is 1. The normalized spacial score (nSPS) is 15.6. The number of carbonyl (C=O) groups excluding carboxylic acids is 1. The molecule has 0 bridgehead atoms. The Kier molecular flexibility index (Phi) is 3.81. The molecule has 0 spiro atoms. The fraction of sp³-hybridized carbons (Fsp3) is 0.500. The van der Waals surface area contributed by atoms with E-state index >= 15 is 0 Å². The maximum absolute atomic E-state index is 12.3. The van der Waals surface area contributed by atoms with Gasteiger partial charge in [-0.15, -0.1) is 0 Å². The van der Waals surface area contributed by atoms with Crippen molar-refractivity contribution in [3.8, 4) is 11.5 Å². The summed E-state index contributed by atoms with van der Waals surface area (Å²) in [5.41, 5.74) is 0.516. The van der Waals surface area contributed by atoms with Crippen LogP contribution in [0.5, 0.6) is 11.5 Å². The van der Waals surface area contributed by atoms with Crippen LogP contribution >= 0.6 is 11.6 Å². The number of carbonyl (C=O) groups is 1. The molecule has 4 heteroatoms. The summed E-state index contributed by atoms with van der Waals surface area (Å²) in [6.07, 6.45) is 0. The number of hydrogen-bond donors (Lipinski definition) is 0. The van der Waals surface area contributed by atoms with Crippen molar-refractivity contribution in [3.05, 3.63) is 22.7 Å². The lowest BCUT2D eigenvalue weighted by Gasteiger charge is -2.21. The Bertz CT molecular complexity index is 468. The summed E-state index contributed by atoms with van der Waals surface area (Å²) in [5.74, 6) is 1.48. The molecule has 0 radical (unpaired) electrons. The fourth-order valence-corrected chi connectivity index (χ4v) is 2.05. The predicted molar refractivity (Wildman–Crippen MR) is 70.8 cm³/mol. The third-order valence-corrected chi connectivity index (χ3v) is 3.62. The summed E-state index contributed by atoms with van der Waals surface area (Å²) < 4.78 is 10.9. The predicted octanol–water partition coefficient (Wildman–Crippen LogP) is 3.59. The summed E-state index contributed by atoms with van der Waals surface area (Å²) in [7, 11) is 0. The lowest BCUT2D eigenvalue weighted by Crippen LogP contribution is -2.19. The number of halogens is 1. The maximum Gasteiger partial charge on any atom is 0.167 e. The van der Waals surface area contributed by atoms with Crippen LogP contribution in [0.4, 0.5) is 0 Å². The van der Waals surface area contributed by atoms with Crippen molar-refractivity contribution in [1.29, 1.82) is 0 Å². The molecule has 0 saturated heterocycles. The number of fused-ring (bicyclic) bond motifs is 1. The monoisotopic (exact) mass is 268 g/mol. The molecule has 1 unspecified atom stereocenters. The number of hydrogen-bond acceptors (Lipinski definition) is 3. The van der Waals surface area contributed by atoms with Crippen LogP contribution in [-0.4, -0.2) is 19.0 Å². The van der Waals surface area contributed by atoms with E-state index in [0.717, 1.165) is 0 Å². The molecule has 1 aliphatic heterocycles. The molecule has 18 heavy (non-hydrogen) atoms. The van der Waals surface area contributed by atoms with Crippen molar-refractivity contribution < 1.29 is 14.3 Å². The largest absolute Gasteiger partial charge is 0.486 e. The molecule has 1 aromatic carbocycles. The first kappa shape index (κ1) is 13.2. The zero-order valence-electron chi connectivity index (χ0n) is 10.8. The van der Waals surface area contributed by atoms with Gasteiger partial charge in [-0.25, -0.2) is 0 Å². The molecule has 2 rings (SSSR count). The van der Waals surface area contributed by atoms with E-state index in [2.05, 4.69) is 0 Å². The van der Waals surface area contributed by atoms with Gasteiger partial charge >= 0.3 is 0 Å². The average molecular weight is 269 g/mol. The van der Waals surface area contributed by atoms with Crippen molar-refractivity contribution >= 4 is 17.4 Å². The number of ketones is 1. The van der Waals surface area contributed by atoms with E-state index in [0.29, 0.717) is 35.3 Å². The van der Waals surface area contributed by atoms with Crippen molar-refractivity contribution in [3.63, 3.8) is 0 Å². The number of benzene rings is 1. The maximum atomic E-state index is 12.3. The molecule has 0 aliphatic carbocycles. The third kappa shape index (κ3) is 2.46. The molecule has 1 aliphatic rings. The summed E-state index contributed by atoms with van der Waals surface area (Å²) in [5, 5.41) is 0.428. The second kappa shape index (κ2) is 5.19. The second-order valence-corrected chi connectivity index (χ2v) is 5.28. The molecule has 1 heterocycles. The molecule has 0 amide bonds. The van der Waals surface area contributed by atoms with Crippen LogP contribution < -0.4 is 9.47 Å². The van der Waals surface area contributed by atoms with Crippen LogP contribution in [0.2, 0.25) is 5.02 Å².